The minimum atomic E-state index is -0.386. The fraction of sp³-hybridized carbons (Fsp3) is 0.294. The summed E-state index contributed by atoms with van der Waals surface area (Å²) in [4.78, 5) is 8.31. The molecule has 23 heavy (non-hydrogen) atoms. The number of hydrogen-bond acceptors (Lipinski definition) is 4. The highest BCUT2D eigenvalue weighted by Gasteiger charge is 2.16. The quantitative estimate of drug-likeness (QED) is 0.684. The second kappa shape index (κ2) is 6.64. The Kier molecular flexibility index (Phi) is 4.41. The summed E-state index contributed by atoms with van der Waals surface area (Å²) in [6.45, 7) is 3.43. The fourth-order valence-corrected chi connectivity index (χ4v) is 2.58. The zero-order chi connectivity index (χ0) is 16.2. The number of nitrogens with one attached hydrogen (secondary N) is 1. The maximum Gasteiger partial charge on any atom is 0.222 e. The maximum absolute atomic E-state index is 14.3. The SMILES string of the molecule is CCCCNc1nc(N)nc2c(F)cn(Cc3ccccc3)c12. The zero-order valence-electron chi connectivity index (χ0n) is 13.1. The third-order valence-electron chi connectivity index (χ3n) is 3.70. The molecule has 0 fully saturated rings. The van der Waals surface area contributed by atoms with Crippen LogP contribution in [0.4, 0.5) is 16.2 Å². The van der Waals surface area contributed by atoms with E-state index in [9.17, 15) is 4.39 Å². The summed E-state index contributed by atoms with van der Waals surface area (Å²) in [5.74, 6) is 0.275. The van der Waals surface area contributed by atoms with Crippen LogP contribution in [0.1, 0.15) is 25.3 Å². The largest absolute Gasteiger partial charge is 0.368 e. The van der Waals surface area contributed by atoms with Gasteiger partial charge < -0.3 is 15.6 Å². The average Bonchev–Trinajstić information content (AvgIpc) is 2.84. The minimum absolute atomic E-state index is 0.0767. The van der Waals surface area contributed by atoms with Crippen LogP contribution in [0.15, 0.2) is 36.5 Å². The van der Waals surface area contributed by atoms with Crippen LogP contribution in [0.3, 0.4) is 0 Å². The number of fused-ring (bicyclic) bond motifs is 1. The van der Waals surface area contributed by atoms with Gasteiger partial charge in [-0.1, -0.05) is 43.7 Å². The molecule has 6 heteroatoms. The number of nitrogens with two attached hydrogens (primary N) is 1. The van der Waals surface area contributed by atoms with E-state index < -0.39 is 0 Å². The fourth-order valence-electron chi connectivity index (χ4n) is 2.58. The lowest BCUT2D eigenvalue weighted by molar-refractivity contribution is 0.627. The Morgan fingerprint density at radius 3 is 2.74 bits per heavy atom. The van der Waals surface area contributed by atoms with Crippen molar-refractivity contribution in [1.29, 1.82) is 0 Å². The van der Waals surface area contributed by atoms with Crippen molar-refractivity contribution in [3.63, 3.8) is 0 Å². The summed E-state index contributed by atoms with van der Waals surface area (Å²) >= 11 is 0. The third kappa shape index (κ3) is 3.26. The van der Waals surface area contributed by atoms with Crippen LogP contribution in [-0.2, 0) is 6.54 Å². The van der Waals surface area contributed by atoms with Gasteiger partial charge in [-0.15, -0.1) is 0 Å². The molecule has 0 atom stereocenters. The molecular weight excluding hydrogens is 293 g/mol. The number of nitrogens with zero attached hydrogens (tertiary/aromatic N) is 3. The van der Waals surface area contributed by atoms with Crippen LogP contribution in [0.2, 0.25) is 0 Å². The Morgan fingerprint density at radius 2 is 2.00 bits per heavy atom. The number of benzene rings is 1. The van der Waals surface area contributed by atoms with Gasteiger partial charge in [-0.2, -0.15) is 4.98 Å². The first-order chi connectivity index (χ1) is 11.2. The van der Waals surface area contributed by atoms with E-state index in [4.69, 9.17) is 5.73 Å². The highest BCUT2D eigenvalue weighted by atomic mass is 19.1. The number of aromatic nitrogens is 3. The van der Waals surface area contributed by atoms with E-state index in [2.05, 4.69) is 22.2 Å². The summed E-state index contributed by atoms with van der Waals surface area (Å²) in [5, 5.41) is 3.25. The molecule has 2 aromatic heterocycles. The highest BCUT2D eigenvalue weighted by molar-refractivity contribution is 5.88. The van der Waals surface area contributed by atoms with Gasteiger partial charge in [-0.05, 0) is 12.0 Å². The van der Waals surface area contributed by atoms with Gasteiger partial charge >= 0.3 is 0 Å². The van der Waals surface area contributed by atoms with Crippen LogP contribution in [0.25, 0.3) is 11.0 Å². The van der Waals surface area contributed by atoms with Crippen molar-refractivity contribution in [2.45, 2.75) is 26.3 Å². The van der Waals surface area contributed by atoms with E-state index in [1.807, 2.05) is 34.9 Å². The Balaban J connectivity index is 2.03. The van der Waals surface area contributed by atoms with Crippen molar-refractivity contribution in [3.8, 4) is 0 Å². The lowest BCUT2D eigenvalue weighted by Gasteiger charge is -2.11. The zero-order valence-corrected chi connectivity index (χ0v) is 13.1. The molecule has 0 bridgehead atoms. The van der Waals surface area contributed by atoms with Gasteiger partial charge in [0.15, 0.2) is 11.6 Å². The van der Waals surface area contributed by atoms with Gasteiger partial charge in [-0.3, -0.25) is 0 Å². The monoisotopic (exact) mass is 313 g/mol. The molecule has 120 valence electrons. The molecule has 0 saturated carbocycles. The normalized spacial score (nSPS) is 11.0. The minimum Gasteiger partial charge on any atom is -0.368 e. The first-order valence-electron chi connectivity index (χ1n) is 7.78. The van der Waals surface area contributed by atoms with E-state index in [1.165, 1.54) is 6.20 Å². The van der Waals surface area contributed by atoms with Crippen molar-refractivity contribution in [2.24, 2.45) is 0 Å². The van der Waals surface area contributed by atoms with E-state index in [0.29, 0.717) is 17.9 Å². The lowest BCUT2D eigenvalue weighted by atomic mass is 10.2. The van der Waals surface area contributed by atoms with E-state index in [0.717, 1.165) is 24.9 Å². The molecule has 0 saturated heterocycles. The Labute approximate surface area is 134 Å². The van der Waals surface area contributed by atoms with E-state index >= 15 is 0 Å². The standard InChI is InChI=1S/C17H20FN5/c1-2-3-9-20-16-15-14(21-17(19)22-16)13(18)11-23(15)10-12-7-5-4-6-8-12/h4-8,11H,2-3,9-10H2,1H3,(H3,19,20,21,22). The maximum atomic E-state index is 14.3. The number of hydrogen-bond donors (Lipinski definition) is 2. The Hall–Kier alpha value is -2.63. The highest BCUT2D eigenvalue weighted by Crippen LogP contribution is 2.26. The molecule has 0 unspecified atom stereocenters. The van der Waals surface area contributed by atoms with Gasteiger partial charge in [0.2, 0.25) is 5.95 Å². The summed E-state index contributed by atoms with van der Waals surface area (Å²) in [6.07, 6.45) is 3.53. The van der Waals surface area contributed by atoms with Gasteiger partial charge in [0.25, 0.3) is 0 Å². The Bertz CT molecular complexity index is 798. The summed E-state index contributed by atoms with van der Waals surface area (Å²) in [6, 6.07) is 9.90. The molecule has 3 aromatic rings. The molecule has 0 radical (unpaired) electrons. The van der Waals surface area contributed by atoms with Crippen molar-refractivity contribution in [1.82, 2.24) is 14.5 Å². The molecule has 3 rings (SSSR count). The second-order valence-electron chi connectivity index (χ2n) is 5.50. The molecule has 2 heterocycles. The van der Waals surface area contributed by atoms with Gasteiger partial charge in [0.1, 0.15) is 11.0 Å². The third-order valence-corrected chi connectivity index (χ3v) is 3.70. The molecule has 0 spiro atoms. The van der Waals surface area contributed by atoms with Crippen LogP contribution in [-0.4, -0.2) is 21.1 Å². The smallest absolute Gasteiger partial charge is 0.222 e. The summed E-state index contributed by atoms with van der Waals surface area (Å²) < 4.78 is 16.1. The molecule has 0 aliphatic heterocycles. The number of anilines is 2. The van der Waals surface area contributed by atoms with Gasteiger partial charge in [-0.25, -0.2) is 9.37 Å². The van der Waals surface area contributed by atoms with E-state index in [-0.39, 0.29) is 17.3 Å². The first-order valence-corrected chi connectivity index (χ1v) is 7.78. The number of unbranched alkanes of at least 4 members (excludes halogenated alkanes) is 1. The topological polar surface area (TPSA) is 68.8 Å². The summed E-state index contributed by atoms with van der Waals surface area (Å²) in [5.41, 5.74) is 7.71. The molecule has 5 nitrogen and oxygen atoms in total. The predicted octanol–water partition coefficient (Wildman–Crippen LogP) is 3.41. The molecule has 0 aliphatic carbocycles. The molecule has 1 aromatic carbocycles. The number of nitrogen functional groups attached to an aromatic ring is 1. The van der Waals surface area contributed by atoms with Crippen LogP contribution < -0.4 is 11.1 Å². The molecule has 3 N–H and O–H groups in total. The molecule has 0 amide bonds. The molecular formula is C17H20FN5. The van der Waals surface area contributed by atoms with Crippen LogP contribution in [0, 0.1) is 5.82 Å². The number of rotatable bonds is 6. The van der Waals surface area contributed by atoms with Crippen molar-refractivity contribution >= 4 is 22.8 Å². The molecule has 0 aliphatic rings. The Morgan fingerprint density at radius 1 is 1.22 bits per heavy atom. The van der Waals surface area contributed by atoms with Crippen LogP contribution >= 0.6 is 0 Å². The van der Waals surface area contributed by atoms with E-state index in [1.54, 1.807) is 0 Å². The van der Waals surface area contributed by atoms with Crippen molar-refractivity contribution in [2.75, 3.05) is 17.6 Å². The van der Waals surface area contributed by atoms with Crippen molar-refractivity contribution in [3.05, 3.63) is 47.9 Å². The van der Waals surface area contributed by atoms with Crippen LogP contribution in [0.5, 0.6) is 0 Å². The number of halogens is 1. The predicted molar refractivity (Wildman–Crippen MR) is 90.8 cm³/mol. The average molecular weight is 313 g/mol. The lowest BCUT2D eigenvalue weighted by Crippen LogP contribution is -2.09. The summed E-state index contributed by atoms with van der Waals surface area (Å²) in [7, 11) is 0. The first kappa shape index (κ1) is 15.3. The van der Waals surface area contributed by atoms with Gasteiger partial charge in [0.05, 0.1) is 0 Å². The van der Waals surface area contributed by atoms with Crippen molar-refractivity contribution < 1.29 is 4.39 Å². The van der Waals surface area contributed by atoms with Gasteiger partial charge in [0, 0.05) is 19.3 Å². The second-order valence-corrected chi connectivity index (χ2v) is 5.50.